The number of hydrogen-bond acceptors (Lipinski definition) is 4. The van der Waals surface area contributed by atoms with Crippen LogP contribution in [-0.4, -0.2) is 17.3 Å². The fourth-order valence-corrected chi connectivity index (χ4v) is 2.03. The van der Waals surface area contributed by atoms with Crippen molar-refractivity contribution in [3.05, 3.63) is 32.5 Å². The molecule has 5 nitrogen and oxygen atoms in total. The third kappa shape index (κ3) is 2.84. The summed E-state index contributed by atoms with van der Waals surface area (Å²) in [6, 6.07) is 1.83. The fraction of sp³-hybridized carbons (Fsp3) is 0.364. The minimum Gasteiger partial charge on any atom is -0.478 e. The van der Waals surface area contributed by atoms with Crippen molar-refractivity contribution in [2.75, 3.05) is 6.61 Å². The molecule has 18 heavy (non-hydrogen) atoms. The molecule has 0 saturated heterocycles. The Bertz CT molecular complexity index is 516. The lowest BCUT2D eigenvalue weighted by Gasteiger charge is -2.07. The molecule has 0 radical (unpaired) electrons. The van der Waals surface area contributed by atoms with Crippen LogP contribution in [0.25, 0.3) is 0 Å². The van der Waals surface area contributed by atoms with E-state index in [2.05, 4.69) is 15.9 Å². The molecule has 0 bridgehead atoms. The highest BCUT2D eigenvalue weighted by molar-refractivity contribution is 9.10. The summed E-state index contributed by atoms with van der Waals surface area (Å²) >= 11 is 2.99. The van der Waals surface area contributed by atoms with Gasteiger partial charge in [0.2, 0.25) is 5.75 Å². The number of hydrogen-bond donors (Lipinski definition) is 0. The molecule has 1 aromatic carbocycles. The largest absolute Gasteiger partial charge is 0.478 e. The molecule has 1 aliphatic rings. The lowest BCUT2D eigenvalue weighted by atomic mass is 10.2. The Morgan fingerprint density at radius 1 is 1.56 bits per heavy atom. The van der Waals surface area contributed by atoms with Crippen molar-refractivity contribution in [3.63, 3.8) is 0 Å². The van der Waals surface area contributed by atoms with Gasteiger partial charge in [-0.2, -0.15) is 0 Å². The molecular formula is C11H9BrFNO4. The molecule has 1 aliphatic carbocycles. The number of rotatable bonds is 5. The standard InChI is InChI=1S/C11H9BrFNO4/c12-8-3-7(13)4-9(14(16)17)11(8)18-5-10(15)6-1-2-6/h3-4,6H,1-2,5H2. The molecule has 1 saturated carbocycles. The summed E-state index contributed by atoms with van der Waals surface area (Å²) in [6.45, 7) is -0.226. The zero-order valence-electron chi connectivity index (χ0n) is 9.19. The third-order valence-corrected chi connectivity index (χ3v) is 3.17. The van der Waals surface area contributed by atoms with E-state index in [1.807, 2.05) is 0 Å². The first kappa shape index (κ1) is 12.9. The summed E-state index contributed by atoms with van der Waals surface area (Å²) < 4.78 is 18.3. The van der Waals surface area contributed by atoms with Gasteiger partial charge in [-0.3, -0.25) is 14.9 Å². The number of nitro groups is 1. The van der Waals surface area contributed by atoms with E-state index in [4.69, 9.17) is 4.74 Å². The third-order valence-electron chi connectivity index (χ3n) is 2.58. The van der Waals surface area contributed by atoms with Crippen molar-refractivity contribution >= 4 is 27.4 Å². The van der Waals surface area contributed by atoms with Crippen molar-refractivity contribution < 1.29 is 18.8 Å². The predicted octanol–water partition coefficient (Wildman–Crippen LogP) is 2.85. The van der Waals surface area contributed by atoms with Crippen LogP contribution in [0, 0.1) is 21.8 Å². The number of ether oxygens (including phenoxy) is 1. The molecule has 1 aromatic rings. The first-order chi connectivity index (χ1) is 8.49. The van der Waals surface area contributed by atoms with Crippen LogP contribution in [-0.2, 0) is 4.79 Å². The summed E-state index contributed by atoms with van der Waals surface area (Å²) in [4.78, 5) is 21.5. The second-order valence-electron chi connectivity index (χ2n) is 4.02. The quantitative estimate of drug-likeness (QED) is 0.618. The van der Waals surface area contributed by atoms with Crippen LogP contribution in [0.15, 0.2) is 16.6 Å². The molecule has 0 spiro atoms. The topological polar surface area (TPSA) is 69.4 Å². The number of benzene rings is 1. The molecule has 0 unspecified atom stereocenters. The molecule has 0 aromatic heterocycles. The molecule has 0 aliphatic heterocycles. The second-order valence-corrected chi connectivity index (χ2v) is 4.88. The van der Waals surface area contributed by atoms with Gasteiger partial charge in [-0.1, -0.05) is 0 Å². The molecule has 0 amide bonds. The van der Waals surface area contributed by atoms with Crippen LogP contribution in [0.3, 0.4) is 0 Å². The number of ketones is 1. The van der Waals surface area contributed by atoms with E-state index in [9.17, 15) is 19.3 Å². The molecule has 7 heteroatoms. The molecule has 0 heterocycles. The van der Waals surface area contributed by atoms with Crippen molar-refractivity contribution in [2.24, 2.45) is 5.92 Å². The highest BCUT2D eigenvalue weighted by atomic mass is 79.9. The molecule has 0 atom stereocenters. The van der Waals surface area contributed by atoms with E-state index >= 15 is 0 Å². The van der Waals surface area contributed by atoms with Gasteiger partial charge >= 0.3 is 5.69 Å². The van der Waals surface area contributed by atoms with Crippen molar-refractivity contribution in [2.45, 2.75) is 12.8 Å². The van der Waals surface area contributed by atoms with Crippen LogP contribution in [0.4, 0.5) is 10.1 Å². The van der Waals surface area contributed by atoms with E-state index in [-0.39, 0.29) is 28.5 Å². The zero-order chi connectivity index (χ0) is 13.3. The highest BCUT2D eigenvalue weighted by Crippen LogP contribution is 2.36. The number of carbonyl (C=O) groups excluding carboxylic acids is 1. The van der Waals surface area contributed by atoms with E-state index in [0.29, 0.717) is 0 Å². The summed E-state index contributed by atoms with van der Waals surface area (Å²) in [5.74, 6) is -0.923. The Labute approximate surface area is 110 Å². The van der Waals surface area contributed by atoms with Crippen molar-refractivity contribution in [1.29, 1.82) is 0 Å². The van der Waals surface area contributed by atoms with Gasteiger partial charge in [-0.15, -0.1) is 0 Å². The molecular weight excluding hydrogens is 309 g/mol. The lowest BCUT2D eigenvalue weighted by molar-refractivity contribution is -0.386. The first-order valence-corrected chi connectivity index (χ1v) is 6.07. The fourth-order valence-electron chi connectivity index (χ4n) is 1.49. The van der Waals surface area contributed by atoms with Gasteiger partial charge in [0.25, 0.3) is 0 Å². The van der Waals surface area contributed by atoms with E-state index in [0.717, 1.165) is 25.0 Å². The van der Waals surface area contributed by atoms with Crippen LogP contribution in [0.1, 0.15) is 12.8 Å². The Morgan fingerprint density at radius 2 is 2.22 bits per heavy atom. The maximum absolute atomic E-state index is 13.0. The number of halogens is 2. The Kier molecular flexibility index (Phi) is 3.60. The van der Waals surface area contributed by atoms with Gasteiger partial charge in [0.1, 0.15) is 12.4 Å². The van der Waals surface area contributed by atoms with Gasteiger partial charge in [-0.25, -0.2) is 4.39 Å². The van der Waals surface area contributed by atoms with Gasteiger partial charge in [0, 0.05) is 5.92 Å². The zero-order valence-corrected chi connectivity index (χ0v) is 10.8. The monoisotopic (exact) mass is 317 g/mol. The van der Waals surface area contributed by atoms with Gasteiger partial charge in [0.05, 0.1) is 15.5 Å². The molecule has 0 N–H and O–H groups in total. The normalized spacial score (nSPS) is 14.3. The average Bonchev–Trinajstić information content (AvgIpc) is 3.10. The Balaban J connectivity index is 2.19. The van der Waals surface area contributed by atoms with E-state index in [1.165, 1.54) is 0 Å². The molecule has 96 valence electrons. The number of nitro benzene ring substituents is 1. The molecule has 2 rings (SSSR count). The smallest absolute Gasteiger partial charge is 0.315 e. The van der Waals surface area contributed by atoms with Gasteiger partial charge < -0.3 is 4.74 Å². The van der Waals surface area contributed by atoms with Crippen molar-refractivity contribution in [3.8, 4) is 5.75 Å². The SMILES string of the molecule is O=C(COc1c(Br)cc(F)cc1[N+](=O)[O-])C1CC1. The second kappa shape index (κ2) is 5.01. The highest BCUT2D eigenvalue weighted by Gasteiger charge is 2.30. The maximum Gasteiger partial charge on any atom is 0.315 e. The minimum atomic E-state index is -0.745. The van der Waals surface area contributed by atoms with Crippen molar-refractivity contribution in [1.82, 2.24) is 0 Å². The molecule has 1 fully saturated rings. The number of nitrogens with zero attached hydrogens (tertiary/aromatic N) is 1. The lowest BCUT2D eigenvalue weighted by Crippen LogP contribution is -2.13. The minimum absolute atomic E-state index is 0.0169. The summed E-state index contributed by atoms with van der Waals surface area (Å²) in [5.41, 5.74) is -0.495. The van der Waals surface area contributed by atoms with Crippen LogP contribution < -0.4 is 4.74 Å². The Morgan fingerprint density at radius 3 is 2.78 bits per heavy atom. The summed E-state index contributed by atoms with van der Waals surface area (Å²) in [7, 11) is 0. The van der Waals surface area contributed by atoms with E-state index < -0.39 is 16.4 Å². The summed E-state index contributed by atoms with van der Waals surface area (Å²) in [6.07, 6.45) is 1.68. The number of carbonyl (C=O) groups is 1. The first-order valence-electron chi connectivity index (χ1n) is 5.28. The van der Waals surface area contributed by atoms with E-state index in [1.54, 1.807) is 0 Å². The van der Waals surface area contributed by atoms with Crippen LogP contribution in [0.5, 0.6) is 5.75 Å². The Hall–Kier alpha value is -1.50. The number of Topliss-reactive ketones (excluding diaryl/α,β-unsaturated/α-hetero) is 1. The maximum atomic E-state index is 13.0. The van der Waals surface area contributed by atoms with Gasteiger partial charge in [-0.05, 0) is 34.8 Å². The average molecular weight is 318 g/mol. The summed E-state index contributed by atoms with van der Waals surface area (Å²) in [5, 5.41) is 10.8. The van der Waals surface area contributed by atoms with Crippen LogP contribution in [0.2, 0.25) is 0 Å². The van der Waals surface area contributed by atoms with Gasteiger partial charge in [0.15, 0.2) is 5.78 Å². The van der Waals surface area contributed by atoms with Crippen LogP contribution >= 0.6 is 15.9 Å². The predicted molar refractivity (Wildman–Crippen MR) is 64.0 cm³/mol.